The molecule has 1 aliphatic heterocycles. The molecular formula is C15H22N2O2. The normalized spacial score (nSPS) is 22.4. The zero-order valence-corrected chi connectivity index (χ0v) is 11.4. The van der Waals surface area contributed by atoms with Crippen LogP contribution < -0.4 is 10.6 Å². The zero-order chi connectivity index (χ0) is 13.7. The molecule has 0 aliphatic carbocycles. The lowest BCUT2D eigenvalue weighted by molar-refractivity contribution is -0.127. The molecule has 1 saturated heterocycles. The summed E-state index contributed by atoms with van der Waals surface area (Å²) in [7, 11) is 0. The standard InChI is InChI=1S/C15H22N2O2/c1-2-15(7-4-8-17-15)14(19)16-10-12-5-3-6-13(9-12)11-18/h3,5-6,9,17-18H,2,4,7-8,10-11H2,1H3,(H,16,19). The Morgan fingerprint density at radius 1 is 1.47 bits per heavy atom. The number of hydrogen-bond donors (Lipinski definition) is 3. The van der Waals surface area contributed by atoms with Crippen LogP contribution in [0.25, 0.3) is 0 Å². The molecular weight excluding hydrogens is 240 g/mol. The van der Waals surface area contributed by atoms with Crippen molar-refractivity contribution in [2.75, 3.05) is 6.54 Å². The Labute approximate surface area is 114 Å². The second kappa shape index (κ2) is 6.17. The molecule has 0 saturated carbocycles. The fourth-order valence-corrected chi connectivity index (χ4v) is 2.65. The van der Waals surface area contributed by atoms with Gasteiger partial charge in [-0.2, -0.15) is 0 Å². The van der Waals surface area contributed by atoms with Crippen LogP contribution in [0.1, 0.15) is 37.3 Å². The van der Waals surface area contributed by atoms with E-state index < -0.39 is 0 Å². The fraction of sp³-hybridized carbons (Fsp3) is 0.533. The molecule has 4 heteroatoms. The van der Waals surface area contributed by atoms with E-state index in [-0.39, 0.29) is 18.1 Å². The van der Waals surface area contributed by atoms with Gasteiger partial charge in [-0.1, -0.05) is 31.2 Å². The highest BCUT2D eigenvalue weighted by molar-refractivity contribution is 5.86. The number of carbonyl (C=O) groups is 1. The Balaban J connectivity index is 1.96. The summed E-state index contributed by atoms with van der Waals surface area (Å²) < 4.78 is 0. The summed E-state index contributed by atoms with van der Waals surface area (Å²) in [5.74, 6) is 0.0851. The molecule has 1 aromatic carbocycles. The van der Waals surface area contributed by atoms with Crippen LogP contribution in [-0.4, -0.2) is 23.1 Å². The van der Waals surface area contributed by atoms with Crippen molar-refractivity contribution >= 4 is 5.91 Å². The maximum absolute atomic E-state index is 12.3. The van der Waals surface area contributed by atoms with Crippen molar-refractivity contribution in [3.8, 4) is 0 Å². The van der Waals surface area contributed by atoms with Gasteiger partial charge in [-0.15, -0.1) is 0 Å². The van der Waals surface area contributed by atoms with Crippen molar-refractivity contribution in [3.05, 3.63) is 35.4 Å². The Hall–Kier alpha value is -1.39. The van der Waals surface area contributed by atoms with Crippen LogP contribution in [0.15, 0.2) is 24.3 Å². The van der Waals surface area contributed by atoms with E-state index in [1.54, 1.807) is 0 Å². The van der Waals surface area contributed by atoms with Gasteiger partial charge in [0.2, 0.25) is 5.91 Å². The summed E-state index contributed by atoms with van der Waals surface area (Å²) in [6, 6.07) is 7.65. The molecule has 2 rings (SSSR count). The third-order valence-corrected chi connectivity index (χ3v) is 3.91. The number of aliphatic hydroxyl groups is 1. The van der Waals surface area contributed by atoms with Gasteiger partial charge in [-0.05, 0) is 36.9 Å². The number of benzene rings is 1. The molecule has 0 radical (unpaired) electrons. The summed E-state index contributed by atoms with van der Waals surface area (Å²) in [6.07, 6.45) is 2.78. The van der Waals surface area contributed by atoms with Crippen LogP contribution in [0, 0.1) is 0 Å². The lowest BCUT2D eigenvalue weighted by atomic mass is 9.93. The first-order valence-corrected chi connectivity index (χ1v) is 6.92. The van der Waals surface area contributed by atoms with Gasteiger partial charge in [0.05, 0.1) is 12.1 Å². The Morgan fingerprint density at radius 2 is 2.26 bits per heavy atom. The van der Waals surface area contributed by atoms with E-state index in [1.165, 1.54) is 0 Å². The second-order valence-electron chi connectivity index (χ2n) is 5.13. The predicted octanol–water partition coefficient (Wildman–Crippen LogP) is 1.33. The number of carbonyl (C=O) groups excluding carboxylic acids is 1. The molecule has 1 atom stereocenters. The summed E-state index contributed by atoms with van der Waals surface area (Å²) in [6.45, 7) is 3.50. The molecule has 1 unspecified atom stereocenters. The van der Waals surface area contributed by atoms with Gasteiger partial charge in [-0.3, -0.25) is 4.79 Å². The molecule has 0 aromatic heterocycles. The SMILES string of the molecule is CCC1(C(=O)NCc2cccc(CO)c2)CCCN1. The van der Waals surface area contributed by atoms with Crippen molar-refractivity contribution in [2.24, 2.45) is 0 Å². The molecule has 1 aliphatic rings. The number of amides is 1. The first-order chi connectivity index (χ1) is 9.20. The van der Waals surface area contributed by atoms with Crippen molar-refractivity contribution in [1.29, 1.82) is 0 Å². The number of hydrogen-bond acceptors (Lipinski definition) is 3. The number of aliphatic hydroxyl groups excluding tert-OH is 1. The molecule has 1 aromatic rings. The molecule has 104 valence electrons. The van der Waals surface area contributed by atoms with Crippen molar-refractivity contribution < 1.29 is 9.90 Å². The minimum atomic E-state index is -0.380. The third kappa shape index (κ3) is 3.14. The molecule has 1 heterocycles. The smallest absolute Gasteiger partial charge is 0.240 e. The van der Waals surface area contributed by atoms with Crippen molar-refractivity contribution in [3.63, 3.8) is 0 Å². The highest BCUT2D eigenvalue weighted by atomic mass is 16.3. The summed E-state index contributed by atoms with van der Waals surface area (Å²) in [5, 5.41) is 15.4. The molecule has 4 nitrogen and oxygen atoms in total. The first-order valence-electron chi connectivity index (χ1n) is 6.92. The van der Waals surface area contributed by atoms with E-state index >= 15 is 0 Å². The van der Waals surface area contributed by atoms with E-state index in [4.69, 9.17) is 5.11 Å². The van der Waals surface area contributed by atoms with Gasteiger partial charge < -0.3 is 15.7 Å². The van der Waals surface area contributed by atoms with Crippen LogP contribution >= 0.6 is 0 Å². The van der Waals surface area contributed by atoms with E-state index in [0.717, 1.165) is 36.9 Å². The van der Waals surface area contributed by atoms with Crippen LogP contribution in [-0.2, 0) is 17.9 Å². The molecule has 19 heavy (non-hydrogen) atoms. The van der Waals surface area contributed by atoms with Gasteiger partial charge in [0.1, 0.15) is 0 Å². The van der Waals surface area contributed by atoms with Crippen LogP contribution in [0.2, 0.25) is 0 Å². The van der Waals surface area contributed by atoms with Crippen molar-refractivity contribution in [1.82, 2.24) is 10.6 Å². The first kappa shape index (κ1) is 14.0. The molecule has 1 amide bonds. The van der Waals surface area contributed by atoms with Crippen LogP contribution in [0.5, 0.6) is 0 Å². The maximum Gasteiger partial charge on any atom is 0.240 e. The van der Waals surface area contributed by atoms with Gasteiger partial charge in [0, 0.05) is 6.54 Å². The topological polar surface area (TPSA) is 61.4 Å². The van der Waals surface area contributed by atoms with E-state index in [2.05, 4.69) is 10.6 Å². The van der Waals surface area contributed by atoms with E-state index in [9.17, 15) is 4.79 Å². The van der Waals surface area contributed by atoms with E-state index in [1.807, 2.05) is 31.2 Å². The summed E-state index contributed by atoms with van der Waals surface area (Å²) in [5.41, 5.74) is 1.51. The Kier molecular flexibility index (Phi) is 4.56. The minimum Gasteiger partial charge on any atom is -0.392 e. The quantitative estimate of drug-likeness (QED) is 0.750. The highest BCUT2D eigenvalue weighted by Gasteiger charge is 2.38. The predicted molar refractivity (Wildman–Crippen MR) is 74.5 cm³/mol. The summed E-state index contributed by atoms with van der Waals surface area (Å²) >= 11 is 0. The van der Waals surface area contributed by atoms with Gasteiger partial charge in [-0.25, -0.2) is 0 Å². The molecule has 3 N–H and O–H groups in total. The average molecular weight is 262 g/mol. The largest absolute Gasteiger partial charge is 0.392 e. The van der Waals surface area contributed by atoms with Crippen LogP contribution in [0.4, 0.5) is 0 Å². The average Bonchev–Trinajstić information content (AvgIpc) is 2.95. The van der Waals surface area contributed by atoms with Gasteiger partial charge in [0.15, 0.2) is 0 Å². The van der Waals surface area contributed by atoms with E-state index in [0.29, 0.717) is 6.54 Å². The maximum atomic E-state index is 12.3. The number of nitrogens with one attached hydrogen (secondary N) is 2. The Bertz CT molecular complexity index is 440. The molecule has 0 bridgehead atoms. The monoisotopic (exact) mass is 262 g/mol. The zero-order valence-electron chi connectivity index (χ0n) is 11.4. The summed E-state index contributed by atoms with van der Waals surface area (Å²) in [4.78, 5) is 12.3. The number of rotatable bonds is 5. The third-order valence-electron chi connectivity index (χ3n) is 3.91. The Morgan fingerprint density at radius 3 is 2.89 bits per heavy atom. The van der Waals surface area contributed by atoms with Crippen LogP contribution in [0.3, 0.4) is 0 Å². The molecule has 1 fully saturated rings. The van der Waals surface area contributed by atoms with Gasteiger partial charge >= 0.3 is 0 Å². The minimum absolute atomic E-state index is 0.0300. The lowest BCUT2D eigenvalue weighted by Gasteiger charge is -2.26. The lowest BCUT2D eigenvalue weighted by Crippen LogP contribution is -2.52. The fourth-order valence-electron chi connectivity index (χ4n) is 2.65. The van der Waals surface area contributed by atoms with Crippen molar-refractivity contribution in [2.45, 2.75) is 44.9 Å². The second-order valence-corrected chi connectivity index (χ2v) is 5.13. The van der Waals surface area contributed by atoms with Gasteiger partial charge in [0.25, 0.3) is 0 Å². The molecule has 0 spiro atoms. The highest BCUT2D eigenvalue weighted by Crippen LogP contribution is 2.23.